The maximum Gasteiger partial charge on any atom is 0.127 e. The van der Waals surface area contributed by atoms with Crippen molar-refractivity contribution < 1.29 is 0 Å². The number of rotatable bonds is 0. The summed E-state index contributed by atoms with van der Waals surface area (Å²) >= 11 is 3.28. The van der Waals surface area contributed by atoms with Crippen molar-refractivity contribution in [3.63, 3.8) is 0 Å². The summed E-state index contributed by atoms with van der Waals surface area (Å²) in [7, 11) is 0. The first-order valence-corrected chi connectivity index (χ1v) is 2.82. The Labute approximate surface area is 44.8 Å². The van der Waals surface area contributed by atoms with Gasteiger partial charge in [-0.25, -0.2) is 0 Å². The lowest BCUT2D eigenvalue weighted by Crippen LogP contribution is -1.83. The first-order valence-electron chi connectivity index (χ1n) is 1.90. The van der Waals surface area contributed by atoms with Crippen LogP contribution in [0.3, 0.4) is 0 Å². The molecule has 1 unspecified atom stereocenters. The van der Waals surface area contributed by atoms with E-state index in [0.29, 0.717) is 4.95 Å². The number of hydrogen-bond acceptors (Lipinski definition) is 2. The molecule has 1 aliphatic rings. The van der Waals surface area contributed by atoms with Crippen molar-refractivity contribution in [2.75, 3.05) is 6.54 Å². The van der Waals surface area contributed by atoms with E-state index >= 15 is 0 Å². The summed E-state index contributed by atoms with van der Waals surface area (Å²) < 4.78 is 0. The third-order valence-corrected chi connectivity index (χ3v) is 1.32. The molecule has 0 amide bonds. The number of nitrogens with zero attached hydrogens (tertiary/aromatic N) is 2. The Bertz CT molecular complexity index is 71.2. The molecule has 0 fully saturated rings. The van der Waals surface area contributed by atoms with Gasteiger partial charge in [0, 0.05) is 6.42 Å². The highest BCUT2D eigenvalue weighted by Crippen LogP contribution is 2.12. The fourth-order valence-corrected chi connectivity index (χ4v) is 0.703. The molecule has 34 valence electrons. The Morgan fingerprint density at radius 3 is 2.67 bits per heavy atom. The van der Waals surface area contributed by atoms with E-state index < -0.39 is 0 Å². The van der Waals surface area contributed by atoms with Gasteiger partial charge in [0.2, 0.25) is 0 Å². The number of hydrogen-bond donors (Lipinski definition) is 0. The molecule has 0 aromatic carbocycles. The highest BCUT2D eigenvalue weighted by molar-refractivity contribution is 9.09. The molecule has 0 aliphatic carbocycles. The van der Waals surface area contributed by atoms with E-state index in [1.165, 1.54) is 0 Å². The monoisotopic (exact) mass is 148 g/mol. The zero-order chi connectivity index (χ0) is 4.41. The molecule has 1 rings (SSSR count). The quantitative estimate of drug-likeness (QED) is 0.368. The lowest BCUT2D eigenvalue weighted by molar-refractivity contribution is 0.937. The van der Waals surface area contributed by atoms with Crippen LogP contribution in [0.5, 0.6) is 0 Å². The topological polar surface area (TPSA) is 24.7 Å². The molecular formula is C3H5BrN2. The molecule has 1 aliphatic heterocycles. The van der Waals surface area contributed by atoms with Crippen LogP contribution in [0.25, 0.3) is 0 Å². The van der Waals surface area contributed by atoms with Crippen molar-refractivity contribution in [1.29, 1.82) is 0 Å². The van der Waals surface area contributed by atoms with Crippen molar-refractivity contribution in [3.05, 3.63) is 0 Å². The van der Waals surface area contributed by atoms with Gasteiger partial charge in [-0.05, 0) is 0 Å². The Kier molecular flexibility index (Phi) is 1.19. The molecule has 1 heterocycles. The first-order chi connectivity index (χ1) is 2.89. The van der Waals surface area contributed by atoms with E-state index in [2.05, 4.69) is 26.2 Å². The van der Waals surface area contributed by atoms with Crippen LogP contribution in [0.2, 0.25) is 0 Å². The SMILES string of the molecule is BrC1CCN=N1. The second kappa shape index (κ2) is 1.69. The molecule has 3 heteroatoms. The van der Waals surface area contributed by atoms with E-state index in [0.717, 1.165) is 13.0 Å². The van der Waals surface area contributed by atoms with Crippen molar-refractivity contribution in [3.8, 4) is 0 Å². The molecule has 1 atom stereocenters. The van der Waals surface area contributed by atoms with Crippen LogP contribution < -0.4 is 0 Å². The molecular weight excluding hydrogens is 144 g/mol. The average Bonchev–Trinajstić information content (AvgIpc) is 1.86. The summed E-state index contributed by atoms with van der Waals surface area (Å²) in [4.78, 5) is 0.317. The number of halogens is 1. The molecule has 6 heavy (non-hydrogen) atoms. The normalized spacial score (nSPS) is 31.8. The van der Waals surface area contributed by atoms with Gasteiger partial charge in [-0.1, -0.05) is 15.9 Å². The summed E-state index contributed by atoms with van der Waals surface area (Å²) in [5.41, 5.74) is 0. The van der Waals surface area contributed by atoms with E-state index in [1.54, 1.807) is 0 Å². The van der Waals surface area contributed by atoms with Crippen molar-refractivity contribution in [1.82, 2.24) is 0 Å². The molecule has 0 aromatic heterocycles. The highest BCUT2D eigenvalue weighted by Gasteiger charge is 2.04. The van der Waals surface area contributed by atoms with Crippen molar-refractivity contribution >= 4 is 15.9 Å². The molecule has 0 aromatic rings. The minimum atomic E-state index is 0.317. The summed E-state index contributed by atoms with van der Waals surface area (Å²) in [6, 6.07) is 0. The van der Waals surface area contributed by atoms with Crippen molar-refractivity contribution in [2.45, 2.75) is 11.4 Å². The molecule has 0 saturated carbocycles. The van der Waals surface area contributed by atoms with Gasteiger partial charge >= 0.3 is 0 Å². The molecule has 2 nitrogen and oxygen atoms in total. The van der Waals surface area contributed by atoms with E-state index in [-0.39, 0.29) is 0 Å². The zero-order valence-electron chi connectivity index (χ0n) is 3.26. The third kappa shape index (κ3) is 0.772. The van der Waals surface area contributed by atoms with Gasteiger partial charge in [0.05, 0.1) is 6.54 Å². The molecule has 0 bridgehead atoms. The van der Waals surface area contributed by atoms with Gasteiger partial charge in [-0.15, -0.1) is 0 Å². The number of alkyl halides is 1. The lowest BCUT2D eigenvalue weighted by Gasteiger charge is -1.82. The maximum atomic E-state index is 3.78. The minimum absolute atomic E-state index is 0.317. The predicted octanol–water partition coefficient (Wildman–Crippen LogP) is 1.56. The van der Waals surface area contributed by atoms with Crippen LogP contribution in [-0.2, 0) is 0 Å². The average molecular weight is 149 g/mol. The summed E-state index contributed by atoms with van der Waals surface area (Å²) in [5, 5.41) is 7.52. The summed E-state index contributed by atoms with van der Waals surface area (Å²) in [5.74, 6) is 0. The van der Waals surface area contributed by atoms with E-state index in [9.17, 15) is 0 Å². The first kappa shape index (κ1) is 4.24. The van der Waals surface area contributed by atoms with E-state index in [4.69, 9.17) is 0 Å². The summed E-state index contributed by atoms with van der Waals surface area (Å²) in [6.07, 6.45) is 1.07. The molecule has 0 spiro atoms. The lowest BCUT2D eigenvalue weighted by atomic mass is 10.5. The second-order valence-corrected chi connectivity index (χ2v) is 2.26. The zero-order valence-corrected chi connectivity index (χ0v) is 4.85. The highest BCUT2D eigenvalue weighted by atomic mass is 79.9. The van der Waals surface area contributed by atoms with Crippen LogP contribution in [0, 0.1) is 0 Å². The fraction of sp³-hybridized carbons (Fsp3) is 1.00. The molecule has 0 saturated heterocycles. The second-order valence-electron chi connectivity index (χ2n) is 1.20. The Balaban J connectivity index is 2.38. The number of azo groups is 1. The van der Waals surface area contributed by atoms with Crippen LogP contribution in [0.4, 0.5) is 0 Å². The van der Waals surface area contributed by atoms with Gasteiger partial charge in [-0.3, -0.25) is 0 Å². The molecule has 0 N–H and O–H groups in total. The van der Waals surface area contributed by atoms with Gasteiger partial charge in [0.15, 0.2) is 0 Å². The van der Waals surface area contributed by atoms with Crippen LogP contribution >= 0.6 is 15.9 Å². The van der Waals surface area contributed by atoms with Crippen LogP contribution in [-0.4, -0.2) is 11.5 Å². The minimum Gasteiger partial charge on any atom is -0.193 e. The van der Waals surface area contributed by atoms with Gasteiger partial charge in [0.1, 0.15) is 4.95 Å². The van der Waals surface area contributed by atoms with Gasteiger partial charge in [0.25, 0.3) is 0 Å². The smallest absolute Gasteiger partial charge is 0.127 e. The van der Waals surface area contributed by atoms with Gasteiger partial charge < -0.3 is 0 Å². The van der Waals surface area contributed by atoms with E-state index in [1.807, 2.05) is 0 Å². The van der Waals surface area contributed by atoms with Crippen molar-refractivity contribution in [2.24, 2.45) is 10.2 Å². The maximum absolute atomic E-state index is 3.78. The van der Waals surface area contributed by atoms with Gasteiger partial charge in [-0.2, -0.15) is 10.2 Å². The van der Waals surface area contributed by atoms with Crippen LogP contribution in [0.15, 0.2) is 10.2 Å². The van der Waals surface area contributed by atoms with Crippen LogP contribution in [0.1, 0.15) is 6.42 Å². The predicted molar refractivity (Wildman–Crippen MR) is 27.1 cm³/mol. The summed E-state index contributed by atoms with van der Waals surface area (Å²) in [6.45, 7) is 0.899. The Hall–Kier alpha value is 0.0800. The third-order valence-electron chi connectivity index (χ3n) is 0.674. The fourth-order valence-electron chi connectivity index (χ4n) is 0.368. The standard InChI is InChI=1S/C3H5BrN2/c4-3-1-2-5-6-3/h3H,1-2H2. The Morgan fingerprint density at radius 1 is 1.67 bits per heavy atom. The largest absolute Gasteiger partial charge is 0.193 e. The molecule has 0 radical (unpaired) electrons. The Morgan fingerprint density at radius 2 is 2.50 bits per heavy atom.